The van der Waals surface area contributed by atoms with Gasteiger partial charge in [-0.3, -0.25) is 4.55 Å². The number of hydrogen-bond donors (Lipinski definition) is 2. The van der Waals surface area contributed by atoms with Crippen LogP contribution in [0.2, 0.25) is 0 Å². The second kappa shape index (κ2) is 7.78. The predicted octanol–water partition coefficient (Wildman–Crippen LogP) is 1.04. The Bertz CT molecular complexity index is 1050. The summed E-state index contributed by atoms with van der Waals surface area (Å²) in [6.45, 7) is 5.18. The van der Waals surface area contributed by atoms with Gasteiger partial charge in [-0.1, -0.05) is 0 Å². The number of urea groups is 1. The minimum absolute atomic E-state index is 0.0794. The molecule has 2 bridgehead atoms. The van der Waals surface area contributed by atoms with Crippen molar-refractivity contribution in [2.24, 2.45) is 5.41 Å². The average molecular weight is 490 g/mol. The van der Waals surface area contributed by atoms with Crippen molar-refractivity contribution in [2.45, 2.75) is 63.8 Å². The summed E-state index contributed by atoms with van der Waals surface area (Å²) < 4.78 is 46.9. The van der Waals surface area contributed by atoms with Crippen molar-refractivity contribution in [3.63, 3.8) is 0 Å². The Labute approximate surface area is 190 Å². The van der Waals surface area contributed by atoms with Crippen molar-refractivity contribution < 1.29 is 41.1 Å². The molecule has 3 amide bonds. The molecule has 1 unspecified atom stereocenters. The van der Waals surface area contributed by atoms with Gasteiger partial charge >= 0.3 is 22.5 Å². The molecule has 2 saturated heterocycles. The smallest absolute Gasteiger partial charge is 0.418 e. The van der Waals surface area contributed by atoms with Crippen LogP contribution in [0, 0.1) is 5.41 Å². The first-order valence-electron chi connectivity index (χ1n) is 10.4. The highest BCUT2D eigenvalue weighted by molar-refractivity contribution is 7.80. The quantitative estimate of drug-likeness (QED) is 0.546. The molecule has 1 saturated carbocycles. The summed E-state index contributed by atoms with van der Waals surface area (Å²) in [4.78, 5) is 27.4. The second-order valence-electron chi connectivity index (χ2n) is 9.72. The van der Waals surface area contributed by atoms with Crippen LogP contribution in [0.5, 0.6) is 0 Å². The zero-order chi connectivity index (χ0) is 24.3. The number of rotatable bonds is 6. The molecule has 14 nitrogen and oxygen atoms in total. The lowest BCUT2D eigenvalue weighted by atomic mass is 9.85. The highest BCUT2D eigenvalue weighted by Crippen LogP contribution is 2.61. The first kappa shape index (κ1) is 23.7. The number of carbonyl (C=O) groups excluding carboxylic acids is 2. The lowest BCUT2D eigenvalue weighted by molar-refractivity contribution is -0.0530. The van der Waals surface area contributed by atoms with E-state index in [9.17, 15) is 23.1 Å². The van der Waals surface area contributed by atoms with Gasteiger partial charge in [-0.2, -0.15) is 13.5 Å². The van der Waals surface area contributed by atoms with E-state index in [0.717, 1.165) is 12.8 Å². The first-order valence-corrected chi connectivity index (χ1v) is 11.8. The number of fused-ring (bicyclic) bond motifs is 3. The van der Waals surface area contributed by atoms with Gasteiger partial charge in [0.25, 0.3) is 0 Å². The molecule has 15 heteroatoms. The van der Waals surface area contributed by atoms with Gasteiger partial charge < -0.3 is 24.1 Å². The van der Waals surface area contributed by atoms with Crippen LogP contribution in [-0.2, 0) is 19.4 Å². The van der Waals surface area contributed by atoms with Gasteiger partial charge in [0, 0.05) is 13.6 Å². The van der Waals surface area contributed by atoms with Crippen LogP contribution in [0.25, 0.3) is 0 Å². The lowest BCUT2D eigenvalue weighted by Crippen LogP contribution is -2.43. The Hall–Kier alpha value is -2.49. The number of ether oxygens (including phenoxy) is 1. The van der Waals surface area contributed by atoms with E-state index in [4.69, 9.17) is 13.7 Å². The Morgan fingerprint density at radius 2 is 2.03 bits per heavy atom. The Balaban J connectivity index is 1.48. The van der Waals surface area contributed by atoms with E-state index in [1.165, 1.54) is 16.8 Å². The van der Waals surface area contributed by atoms with Crippen molar-refractivity contribution in [3.05, 3.63) is 11.8 Å². The van der Waals surface area contributed by atoms with E-state index in [-0.39, 0.29) is 30.3 Å². The summed E-state index contributed by atoms with van der Waals surface area (Å²) in [5.41, 5.74) is -1.08. The van der Waals surface area contributed by atoms with E-state index in [2.05, 4.69) is 14.5 Å². The van der Waals surface area contributed by atoms with Gasteiger partial charge in [0.2, 0.25) is 11.8 Å². The Kier molecular flexibility index (Phi) is 5.58. The van der Waals surface area contributed by atoms with E-state index in [1.54, 1.807) is 20.8 Å². The minimum Gasteiger partial charge on any atom is -0.444 e. The molecule has 3 aliphatic rings. The fraction of sp³-hybridized carbons (Fsp3) is 0.778. The number of aliphatic hydroxyl groups is 1. The first-order chi connectivity index (χ1) is 15.2. The highest BCUT2D eigenvalue weighted by Gasteiger charge is 2.65. The molecule has 3 atom stereocenters. The van der Waals surface area contributed by atoms with E-state index in [0.29, 0.717) is 11.5 Å². The second-order valence-corrected chi connectivity index (χ2v) is 10.7. The zero-order valence-corrected chi connectivity index (χ0v) is 19.5. The molecule has 1 spiro atoms. The molecule has 33 heavy (non-hydrogen) atoms. The van der Waals surface area contributed by atoms with Crippen LogP contribution in [0.4, 0.5) is 9.59 Å². The van der Waals surface area contributed by atoms with E-state index < -0.39 is 46.3 Å². The van der Waals surface area contributed by atoms with Crippen molar-refractivity contribution in [1.29, 1.82) is 0 Å². The SMILES string of the molecule is CN(CC(O)c1nnc([C@@H]2CC3(CC3)[C@@H]3CN2C(=O)N3OS(=O)(=O)O)o1)C(=O)OC(C)(C)C. The summed E-state index contributed by atoms with van der Waals surface area (Å²) in [6, 6.07) is -1.92. The van der Waals surface area contributed by atoms with Gasteiger partial charge in [-0.15, -0.1) is 14.5 Å². The van der Waals surface area contributed by atoms with Crippen LogP contribution < -0.4 is 0 Å². The maximum Gasteiger partial charge on any atom is 0.418 e. The molecule has 1 aromatic rings. The largest absolute Gasteiger partial charge is 0.444 e. The summed E-state index contributed by atoms with van der Waals surface area (Å²) in [7, 11) is -3.41. The number of hydroxylamine groups is 2. The molecule has 1 aromatic heterocycles. The normalized spacial score (nSPS) is 24.8. The van der Waals surface area contributed by atoms with Gasteiger partial charge in [0.1, 0.15) is 17.7 Å². The van der Waals surface area contributed by atoms with E-state index >= 15 is 0 Å². The predicted molar refractivity (Wildman–Crippen MR) is 108 cm³/mol. The summed E-state index contributed by atoms with van der Waals surface area (Å²) in [5.74, 6) is -0.0548. The lowest BCUT2D eigenvalue weighted by Gasteiger charge is -2.34. The minimum atomic E-state index is -4.87. The fourth-order valence-corrected chi connectivity index (χ4v) is 4.67. The maximum atomic E-state index is 12.8. The standard InChI is InChI=1S/C18H27N5O9S/c1-17(2,3)31-16(26)21(4)8-11(24)14-20-19-13(30-14)10-7-18(5-6-18)12-9-22(10)15(25)23(12)32-33(27,28)29/h10-12,24H,5-9H2,1-4H3,(H,27,28,29)/t10-,11?,12-/m0/s1. The molecule has 2 aliphatic heterocycles. The van der Waals surface area contributed by atoms with Crippen molar-refractivity contribution in [1.82, 2.24) is 25.1 Å². The Morgan fingerprint density at radius 3 is 2.61 bits per heavy atom. The molecule has 0 aromatic carbocycles. The Morgan fingerprint density at radius 1 is 1.36 bits per heavy atom. The van der Waals surface area contributed by atoms with Crippen molar-refractivity contribution in [2.75, 3.05) is 20.1 Å². The molecule has 3 heterocycles. The van der Waals surface area contributed by atoms with Crippen LogP contribution >= 0.6 is 0 Å². The number of aliphatic hydroxyl groups excluding tert-OH is 1. The third kappa shape index (κ3) is 4.76. The third-order valence-corrected chi connectivity index (χ3v) is 6.36. The molecule has 3 fully saturated rings. The molecular weight excluding hydrogens is 462 g/mol. The number of carbonyl (C=O) groups is 2. The third-order valence-electron chi connectivity index (χ3n) is 6.01. The number of likely N-dealkylation sites (N-methyl/N-ethyl adjacent to an activating group) is 1. The number of piperidine rings is 1. The van der Waals surface area contributed by atoms with Gasteiger partial charge in [-0.05, 0) is 45.4 Å². The molecule has 4 rings (SSSR count). The van der Waals surface area contributed by atoms with Crippen LogP contribution in [-0.4, -0.2) is 87.0 Å². The highest BCUT2D eigenvalue weighted by atomic mass is 32.3. The summed E-state index contributed by atoms with van der Waals surface area (Å²) in [5, 5.41) is 19.0. The molecule has 1 aliphatic carbocycles. The number of nitrogens with zero attached hydrogens (tertiary/aromatic N) is 5. The van der Waals surface area contributed by atoms with Crippen molar-refractivity contribution >= 4 is 22.5 Å². The average Bonchev–Trinajstić information content (AvgIpc) is 3.16. The van der Waals surface area contributed by atoms with Gasteiger partial charge in [-0.25, -0.2) is 9.59 Å². The van der Waals surface area contributed by atoms with Crippen LogP contribution in [0.15, 0.2) is 4.42 Å². The summed E-state index contributed by atoms with van der Waals surface area (Å²) in [6.07, 6.45) is 0.000607. The topological polar surface area (TPSA) is 176 Å². The molecular formula is C18H27N5O9S. The molecule has 0 radical (unpaired) electrons. The van der Waals surface area contributed by atoms with Crippen molar-refractivity contribution in [3.8, 4) is 0 Å². The van der Waals surface area contributed by atoms with E-state index in [1.807, 2.05) is 0 Å². The molecule has 184 valence electrons. The van der Waals surface area contributed by atoms with Gasteiger partial charge in [0.15, 0.2) is 0 Å². The number of hydrogen-bond acceptors (Lipinski definition) is 10. The molecule has 2 N–H and O–H groups in total. The summed E-state index contributed by atoms with van der Waals surface area (Å²) >= 11 is 0. The van der Waals surface area contributed by atoms with Crippen LogP contribution in [0.1, 0.15) is 64.0 Å². The number of aromatic nitrogens is 2. The van der Waals surface area contributed by atoms with Gasteiger partial charge in [0.05, 0.1) is 12.6 Å². The van der Waals surface area contributed by atoms with Crippen LogP contribution in [0.3, 0.4) is 0 Å². The maximum absolute atomic E-state index is 12.8. The fourth-order valence-electron chi connectivity index (χ4n) is 4.30. The zero-order valence-electron chi connectivity index (χ0n) is 18.7. The number of amides is 3. The monoisotopic (exact) mass is 489 g/mol.